The summed E-state index contributed by atoms with van der Waals surface area (Å²) in [5.41, 5.74) is 0.294. The van der Waals surface area contributed by atoms with Crippen molar-refractivity contribution in [2.75, 3.05) is 13.2 Å². The number of aliphatic hydroxyl groups excluding tert-OH is 1. The number of alkyl halides is 1. The van der Waals surface area contributed by atoms with Gasteiger partial charge in [0.15, 0.2) is 0 Å². The van der Waals surface area contributed by atoms with E-state index < -0.39 is 23.7 Å². The molecule has 1 N–H and O–H groups in total. The van der Waals surface area contributed by atoms with Crippen LogP contribution in [-0.2, 0) is 9.53 Å². The number of carbonyl (C=O) groups is 1. The Bertz CT molecular complexity index is 561. The normalized spacial score (nSPS) is 30.9. The first-order valence-electron chi connectivity index (χ1n) is 8.31. The van der Waals surface area contributed by atoms with E-state index in [1.807, 2.05) is 37.3 Å². The largest absolute Gasteiger partial charge is 0.466 e. The predicted octanol–water partition coefficient (Wildman–Crippen LogP) is 2.68. The van der Waals surface area contributed by atoms with Crippen molar-refractivity contribution in [3.63, 3.8) is 0 Å². The van der Waals surface area contributed by atoms with E-state index in [1.54, 1.807) is 11.8 Å². The number of carbonyl (C=O) groups excluding carboxylic acids is 1. The van der Waals surface area contributed by atoms with Crippen LogP contribution in [0, 0.1) is 11.3 Å². The lowest BCUT2D eigenvalue weighted by Gasteiger charge is -2.28. The molecule has 2 aliphatic rings. The average molecular weight is 321 g/mol. The van der Waals surface area contributed by atoms with Gasteiger partial charge < -0.3 is 9.84 Å². The maximum absolute atomic E-state index is 14.7. The smallest absolute Gasteiger partial charge is 0.312 e. The highest BCUT2D eigenvalue weighted by Crippen LogP contribution is 2.57. The van der Waals surface area contributed by atoms with E-state index >= 15 is 0 Å². The number of ether oxygens (including phenoxy) is 1. The second kappa shape index (κ2) is 6.21. The number of benzene rings is 1. The van der Waals surface area contributed by atoms with Crippen LogP contribution in [0.2, 0.25) is 0 Å². The lowest BCUT2D eigenvalue weighted by Crippen LogP contribution is -2.36. The minimum absolute atomic E-state index is 0.104. The van der Waals surface area contributed by atoms with E-state index in [9.17, 15) is 14.3 Å². The molecule has 1 aromatic carbocycles. The molecule has 0 bridgehead atoms. The first-order chi connectivity index (χ1) is 11.0. The Hall–Kier alpha value is -1.46. The molecule has 1 unspecified atom stereocenters. The molecule has 126 valence electrons. The quantitative estimate of drug-likeness (QED) is 0.847. The lowest BCUT2D eigenvalue weighted by molar-refractivity contribution is -0.153. The van der Waals surface area contributed by atoms with Crippen LogP contribution in [0.5, 0.6) is 0 Å². The van der Waals surface area contributed by atoms with Gasteiger partial charge in [-0.25, -0.2) is 4.39 Å². The molecule has 3 rings (SSSR count). The molecule has 23 heavy (non-hydrogen) atoms. The molecule has 0 amide bonds. The van der Waals surface area contributed by atoms with Crippen LogP contribution in [0.15, 0.2) is 30.3 Å². The topological polar surface area (TPSA) is 49.8 Å². The average Bonchev–Trinajstić information content (AvgIpc) is 3.31. The molecule has 2 fully saturated rings. The first kappa shape index (κ1) is 16.4. The highest BCUT2D eigenvalue weighted by atomic mass is 19.1. The fourth-order valence-electron chi connectivity index (χ4n) is 3.75. The van der Waals surface area contributed by atoms with E-state index in [0.717, 1.165) is 5.56 Å². The summed E-state index contributed by atoms with van der Waals surface area (Å²) in [7, 11) is 0. The number of hydrogen-bond acceptors (Lipinski definition) is 4. The second-order valence-electron chi connectivity index (χ2n) is 6.62. The summed E-state index contributed by atoms with van der Waals surface area (Å²) in [6, 6.07) is 9.62. The van der Waals surface area contributed by atoms with Gasteiger partial charge in [-0.15, -0.1) is 0 Å². The zero-order chi connectivity index (χ0) is 16.6. The van der Waals surface area contributed by atoms with Gasteiger partial charge in [-0.2, -0.15) is 0 Å². The van der Waals surface area contributed by atoms with Crippen molar-refractivity contribution >= 4 is 5.97 Å². The van der Waals surface area contributed by atoms with Crippen LogP contribution >= 0.6 is 0 Å². The Morgan fingerprint density at radius 2 is 2.09 bits per heavy atom. The van der Waals surface area contributed by atoms with Gasteiger partial charge in [0, 0.05) is 18.5 Å². The summed E-state index contributed by atoms with van der Waals surface area (Å²) in [4.78, 5) is 14.0. The third kappa shape index (κ3) is 2.76. The summed E-state index contributed by atoms with van der Waals surface area (Å²) < 4.78 is 19.9. The van der Waals surface area contributed by atoms with Crippen molar-refractivity contribution in [2.45, 2.75) is 45.1 Å². The van der Waals surface area contributed by atoms with E-state index in [2.05, 4.69) is 0 Å². The SMILES string of the molecule is CCOC(=O)C1([C@H]2CN([C@@H](C)c3ccccc3)C(O)[C@H]2F)CC1. The molecule has 1 aliphatic heterocycles. The van der Waals surface area contributed by atoms with Crippen LogP contribution in [0.25, 0.3) is 0 Å². The lowest BCUT2D eigenvalue weighted by atomic mass is 9.87. The Morgan fingerprint density at radius 3 is 2.65 bits per heavy atom. The Balaban J connectivity index is 1.78. The van der Waals surface area contributed by atoms with Crippen molar-refractivity contribution < 1.29 is 19.0 Å². The summed E-state index contributed by atoms with van der Waals surface area (Å²) in [5, 5.41) is 10.4. The van der Waals surface area contributed by atoms with Gasteiger partial charge in [0.05, 0.1) is 12.0 Å². The van der Waals surface area contributed by atoms with Gasteiger partial charge >= 0.3 is 5.97 Å². The second-order valence-corrected chi connectivity index (χ2v) is 6.62. The molecule has 0 radical (unpaired) electrons. The summed E-state index contributed by atoms with van der Waals surface area (Å²) >= 11 is 0. The zero-order valence-corrected chi connectivity index (χ0v) is 13.6. The molecule has 1 saturated heterocycles. The third-order valence-corrected chi connectivity index (χ3v) is 5.38. The Kier molecular flexibility index (Phi) is 4.43. The Morgan fingerprint density at radius 1 is 1.43 bits per heavy atom. The van der Waals surface area contributed by atoms with Crippen LogP contribution in [0.3, 0.4) is 0 Å². The highest BCUT2D eigenvalue weighted by Gasteiger charge is 2.63. The molecule has 1 heterocycles. The van der Waals surface area contributed by atoms with E-state index in [4.69, 9.17) is 4.74 Å². The molecule has 1 aliphatic carbocycles. The molecule has 0 spiro atoms. The maximum atomic E-state index is 14.7. The van der Waals surface area contributed by atoms with Crippen molar-refractivity contribution in [1.82, 2.24) is 4.90 Å². The van der Waals surface area contributed by atoms with Crippen LogP contribution in [0.1, 0.15) is 38.3 Å². The molecule has 0 aromatic heterocycles. The van der Waals surface area contributed by atoms with E-state index in [0.29, 0.717) is 26.0 Å². The standard InChI is InChI=1S/C18H24FNO3/c1-3-23-17(22)18(9-10-18)14-11-20(16(21)15(14)19)12(2)13-7-5-4-6-8-13/h4-8,12,14-16,21H,3,9-11H2,1-2H3/t12-,14-,15-,16?/m0/s1. The zero-order valence-electron chi connectivity index (χ0n) is 13.6. The molecule has 4 atom stereocenters. The summed E-state index contributed by atoms with van der Waals surface area (Å²) in [5.74, 6) is -0.809. The first-order valence-corrected chi connectivity index (χ1v) is 8.31. The van der Waals surface area contributed by atoms with Crippen LogP contribution in [-0.4, -0.2) is 41.5 Å². The van der Waals surface area contributed by atoms with Gasteiger partial charge in [-0.05, 0) is 32.3 Å². The number of aliphatic hydroxyl groups is 1. The molecular formula is C18H24FNO3. The predicted molar refractivity (Wildman–Crippen MR) is 84.3 cm³/mol. The van der Waals surface area contributed by atoms with Gasteiger partial charge in [-0.3, -0.25) is 9.69 Å². The molecule has 5 heteroatoms. The number of rotatable bonds is 5. The summed E-state index contributed by atoms with van der Waals surface area (Å²) in [6.07, 6.45) is -1.30. The number of hydrogen-bond donors (Lipinski definition) is 1. The monoisotopic (exact) mass is 321 g/mol. The van der Waals surface area contributed by atoms with Crippen molar-refractivity contribution in [3.05, 3.63) is 35.9 Å². The van der Waals surface area contributed by atoms with Crippen molar-refractivity contribution in [3.8, 4) is 0 Å². The number of likely N-dealkylation sites (tertiary alicyclic amines) is 1. The molecule has 1 saturated carbocycles. The summed E-state index contributed by atoms with van der Waals surface area (Å²) in [6.45, 7) is 4.39. The minimum atomic E-state index is -1.42. The third-order valence-electron chi connectivity index (χ3n) is 5.38. The number of esters is 1. The van der Waals surface area contributed by atoms with Gasteiger partial charge in [-0.1, -0.05) is 30.3 Å². The fraction of sp³-hybridized carbons (Fsp3) is 0.611. The van der Waals surface area contributed by atoms with Crippen molar-refractivity contribution in [1.29, 1.82) is 0 Å². The minimum Gasteiger partial charge on any atom is -0.466 e. The van der Waals surface area contributed by atoms with Crippen molar-refractivity contribution in [2.24, 2.45) is 11.3 Å². The number of nitrogens with zero attached hydrogens (tertiary/aromatic N) is 1. The van der Waals surface area contributed by atoms with Gasteiger partial charge in [0.1, 0.15) is 12.4 Å². The van der Waals surface area contributed by atoms with Crippen LogP contribution in [0.4, 0.5) is 4.39 Å². The van der Waals surface area contributed by atoms with Gasteiger partial charge in [0.2, 0.25) is 0 Å². The number of halogens is 1. The molecule has 1 aromatic rings. The van der Waals surface area contributed by atoms with E-state index in [1.165, 1.54) is 0 Å². The Labute approximate surface area is 136 Å². The van der Waals surface area contributed by atoms with Crippen LogP contribution < -0.4 is 0 Å². The van der Waals surface area contributed by atoms with E-state index in [-0.39, 0.29) is 12.0 Å². The van der Waals surface area contributed by atoms with Gasteiger partial charge in [0.25, 0.3) is 0 Å². The maximum Gasteiger partial charge on any atom is 0.312 e. The highest BCUT2D eigenvalue weighted by molar-refractivity contribution is 5.80. The molecular weight excluding hydrogens is 297 g/mol. The fourth-order valence-corrected chi connectivity index (χ4v) is 3.75. The molecule has 4 nitrogen and oxygen atoms in total.